The molecule has 0 saturated heterocycles. The highest BCUT2D eigenvalue weighted by molar-refractivity contribution is 6.30. The molecule has 2 aromatic rings. The summed E-state index contributed by atoms with van der Waals surface area (Å²) in [6.07, 6.45) is 0.737. The van der Waals surface area contributed by atoms with Gasteiger partial charge >= 0.3 is 0 Å². The zero-order valence-corrected chi connectivity index (χ0v) is 14.1. The molecule has 1 aromatic carbocycles. The van der Waals surface area contributed by atoms with Crippen molar-refractivity contribution in [3.63, 3.8) is 0 Å². The first-order valence-corrected chi connectivity index (χ1v) is 7.73. The number of hydrogen-bond acceptors (Lipinski definition) is 3. The van der Waals surface area contributed by atoms with Gasteiger partial charge in [-0.05, 0) is 19.4 Å². The van der Waals surface area contributed by atoms with Crippen molar-refractivity contribution in [2.45, 2.75) is 32.4 Å². The largest absolute Gasteiger partial charge is 0.384 e. The number of nitrogens with one attached hydrogen (secondary N) is 1. The monoisotopic (exact) mass is 343 g/mol. The van der Waals surface area contributed by atoms with Gasteiger partial charge in [0.25, 0.3) is 0 Å². The first kappa shape index (κ1) is 17.8. The molecule has 2 N–H and O–H groups in total. The first-order valence-electron chi connectivity index (χ1n) is 7.35. The lowest BCUT2D eigenvalue weighted by Crippen LogP contribution is -2.36. The lowest BCUT2D eigenvalue weighted by atomic mass is 9.95. The van der Waals surface area contributed by atoms with E-state index < -0.39 is 17.2 Å². The maximum Gasteiger partial charge on any atom is 0.132 e. The van der Waals surface area contributed by atoms with Crippen molar-refractivity contribution < 1.29 is 13.9 Å². The van der Waals surface area contributed by atoms with Crippen LogP contribution >= 0.6 is 11.6 Å². The van der Waals surface area contributed by atoms with Crippen molar-refractivity contribution in [2.24, 2.45) is 7.05 Å². The van der Waals surface area contributed by atoms with Crippen LogP contribution in [0.1, 0.15) is 30.7 Å². The standard InChI is InChI=1S/C16H20ClF2N3O/c1-4-14-11(15(17)22(3)21-14)8-20-9-16(2,23)12-6-5-10(18)7-13(12)19/h5-7,20,23H,4,8-9H2,1-3H3. The zero-order valence-electron chi connectivity index (χ0n) is 13.3. The summed E-state index contributed by atoms with van der Waals surface area (Å²) >= 11 is 6.20. The Labute approximate surface area is 139 Å². The Morgan fingerprint density at radius 2 is 2.09 bits per heavy atom. The summed E-state index contributed by atoms with van der Waals surface area (Å²) < 4.78 is 28.4. The summed E-state index contributed by atoms with van der Waals surface area (Å²) in [7, 11) is 1.76. The second-order valence-corrected chi connectivity index (χ2v) is 6.05. The molecule has 0 saturated carbocycles. The Kier molecular flexibility index (Phi) is 5.39. The third-order valence-electron chi connectivity index (χ3n) is 3.77. The third kappa shape index (κ3) is 3.88. The smallest absolute Gasteiger partial charge is 0.132 e. The number of aliphatic hydroxyl groups is 1. The van der Waals surface area contributed by atoms with Gasteiger partial charge in [-0.15, -0.1) is 0 Å². The Morgan fingerprint density at radius 1 is 1.39 bits per heavy atom. The van der Waals surface area contributed by atoms with Crippen molar-refractivity contribution in [1.29, 1.82) is 0 Å². The lowest BCUT2D eigenvalue weighted by molar-refractivity contribution is 0.0528. The molecule has 1 unspecified atom stereocenters. The SMILES string of the molecule is CCc1nn(C)c(Cl)c1CNCC(C)(O)c1ccc(F)cc1F. The van der Waals surface area contributed by atoms with Crippen molar-refractivity contribution in [3.05, 3.63) is 51.8 Å². The van der Waals surface area contributed by atoms with E-state index in [0.717, 1.165) is 29.8 Å². The normalized spacial score (nSPS) is 14.0. The fraction of sp³-hybridized carbons (Fsp3) is 0.438. The van der Waals surface area contributed by atoms with Crippen molar-refractivity contribution in [3.8, 4) is 0 Å². The van der Waals surface area contributed by atoms with E-state index in [4.69, 9.17) is 11.6 Å². The summed E-state index contributed by atoms with van der Waals surface area (Å²) in [5, 5.41) is 18.4. The molecule has 0 aliphatic carbocycles. The molecule has 0 amide bonds. The highest BCUT2D eigenvalue weighted by Crippen LogP contribution is 2.24. The molecular formula is C16H20ClF2N3O. The maximum absolute atomic E-state index is 13.8. The lowest BCUT2D eigenvalue weighted by Gasteiger charge is -2.25. The fourth-order valence-electron chi connectivity index (χ4n) is 2.51. The highest BCUT2D eigenvalue weighted by Gasteiger charge is 2.27. The van der Waals surface area contributed by atoms with Crippen LogP contribution in [0.4, 0.5) is 8.78 Å². The van der Waals surface area contributed by atoms with E-state index in [0.29, 0.717) is 11.7 Å². The minimum atomic E-state index is -1.47. The summed E-state index contributed by atoms with van der Waals surface area (Å²) in [6, 6.07) is 3.14. The molecular weight excluding hydrogens is 324 g/mol. The number of aryl methyl sites for hydroxylation is 2. The van der Waals surface area contributed by atoms with E-state index in [1.807, 2.05) is 6.92 Å². The van der Waals surface area contributed by atoms with Crippen LogP contribution in [0.25, 0.3) is 0 Å². The van der Waals surface area contributed by atoms with E-state index in [-0.39, 0.29) is 12.1 Å². The zero-order chi connectivity index (χ0) is 17.2. The predicted molar refractivity (Wildman–Crippen MR) is 85.2 cm³/mol. The van der Waals surface area contributed by atoms with Crippen molar-refractivity contribution in [1.82, 2.24) is 15.1 Å². The molecule has 0 aliphatic rings. The van der Waals surface area contributed by atoms with E-state index >= 15 is 0 Å². The van der Waals surface area contributed by atoms with Crippen LogP contribution in [-0.2, 0) is 25.6 Å². The molecule has 1 atom stereocenters. The van der Waals surface area contributed by atoms with Gasteiger partial charge in [-0.1, -0.05) is 24.6 Å². The number of nitrogens with zero attached hydrogens (tertiary/aromatic N) is 2. The van der Waals surface area contributed by atoms with Gasteiger partial charge < -0.3 is 10.4 Å². The Morgan fingerprint density at radius 3 is 2.70 bits per heavy atom. The molecule has 1 heterocycles. The topological polar surface area (TPSA) is 50.1 Å². The van der Waals surface area contributed by atoms with Gasteiger partial charge in [-0.3, -0.25) is 4.68 Å². The van der Waals surface area contributed by atoms with Gasteiger partial charge in [0.2, 0.25) is 0 Å². The Bertz CT molecular complexity index is 701. The minimum absolute atomic E-state index is 0.0411. The van der Waals surface area contributed by atoms with Crippen LogP contribution in [0.5, 0.6) is 0 Å². The second-order valence-electron chi connectivity index (χ2n) is 5.69. The van der Waals surface area contributed by atoms with Gasteiger partial charge in [0.05, 0.1) is 5.69 Å². The second kappa shape index (κ2) is 6.95. The maximum atomic E-state index is 13.8. The van der Waals surface area contributed by atoms with E-state index in [2.05, 4.69) is 10.4 Å². The number of hydrogen-bond donors (Lipinski definition) is 2. The average Bonchev–Trinajstić information content (AvgIpc) is 2.74. The number of halogens is 3. The Hall–Kier alpha value is -1.50. The molecule has 0 aliphatic heterocycles. The summed E-state index contributed by atoms with van der Waals surface area (Å²) in [5.41, 5.74) is 0.294. The molecule has 0 radical (unpaired) electrons. The van der Waals surface area contributed by atoms with Crippen LogP contribution in [0, 0.1) is 11.6 Å². The fourth-order valence-corrected chi connectivity index (χ4v) is 2.72. The summed E-state index contributed by atoms with van der Waals surface area (Å²) in [4.78, 5) is 0. The number of benzene rings is 1. The summed E-state index contributed by atoms with van der Waals surface area (Å²) in [5.74, 6) is -1.45. The van der Waals surface area contributed by atoms with Crippen LogP contribution in [0.15, 0.2) is 18.2 Å². The molecule has 0 spiro atoms. The molecule has 0 fully saturated rings. The van der Waals surface area contributed by atoms with Crippen LogP contribution in [0.3, 0.4) is 0 Å². The first-order chi connectivity index (χ1) is 10.8. The van der Waals surface area contributed by atoms with Gasteiger partial charge in [-0.25, -0.2) is 8.78 Å². The molecule has 1 aromatic heterocycles. The van der Waals surface area contributed by atoms with Crippen molar-refractivity contribution >= 4 is 11.6 Å². The third-order valence-corrected chi connectivity index (χ3v) is 4.24. The van der Waals surface area contributed by atoms with Crippen LogP contribution in [0.2, 0.25) is 5.15 Å². The van der Waals surface area contributed by atoms with Crippen LogP contribution < -0.4 is 5.32 Å². The van der Waals surface area contributed by atoms with Gasteiger partial charge in [0.1, 0.15) is 22.4 Å². The number of aromatic nitrogens is 2. The van der Waals surface area contributed by atoms with E-state index in [1.165, 1.54) is 13.0 Å². The predicted octanol–water partition coefficient (Wildman–Crippen LogP) is 2.91. The molecule has 2 rings (SSSR count). The number of rotatable bonds is 6. The van der Waals surface area contributed by atoms with Crippen molar-refractivity contribution in [2.75, 3.05) is 6.54 Å². The Balaban J connectivity index is 2.08. The van der Waals surface area contributed by atoms with E-state index in [1.54, 1.807) is 11.7 Å². The average molecular weight is 344 g/mol. The molecule has 0 bridgehead atoms. The van der Waals surface area contributed by atoms with Gasteiger partial charge in [-0.2, -0.15) is 5.10 Å². The van der Waals surface area contributed by atoms with Gasteiger partial charge in [0.15, 0.2) is 0 Å². The van der Waals surface area contributed by atoms with E-state index in [9.17, 15) is 13.9 Å². The molecule has 23 heavy (non-hydrogen) atoms. The molecule has 126 valence electrons. The quantitative estimate of drug-likeness (QED) is 0.848. The highest BCUT2D eigenvalue weighted by atomic mass is 35.5. The summed E-state index contributed by atoms with van der Waals surface area (Å²) in [6.45, 7) is 3.94. The molecule has 7 heteroatoms. The van der Waals surface area contributed by atoms with Crippen LogP contribution in [-0.4, -0.2) is 21.4 Å². The molecule has 4 nitrogen and oxygen atoms in total. The minimum Gasteiger partial charge on any atom is -0.384 e. The van der Waals surface area contributed by atoms with Gasteiger partial charge in [0, 0.05) is 37.3 Å².